The highest BCUT2D eigenvalue weighted by Crippen LogP contribution is 2.22. The van der Waals surface area contributed by atoms with Crippen LogP contribution in [-0.2, 0) is 10.0 Å². The number of benzene rings is 2. The van der Waals surface area contributed by atoms with Crippen molar-refractivity contribution in [1.29, 1.82) is 0 Å². The molecular weight excluding hydrogens is 442 g/mol. The minimum atomic E-state index is -3.34. The van der Waals surface area contributed by atoms with Crippen molar-refractivity contribution in [2.45, 2.75) is 19.9 Å². The first-order chi connectivity index (χ1) is 13.1. The maximum absolute atomic E-state index is 12.6. The molecule has 6 nitrogen and oxygen atoms in total. The lowest BCUT2D eigenvalue weighted by molar-refractivity contribution is 0.0935. The Labute approximate surface area is 172 Å². The van der Waals surface area contributed by atoms with E-state index in [1.807, 2.05) is 44.2 Å². The second-order valence-corrected chi connectivity index (χ2v) is 9.34. The summed E-state index contributed by atoms with van der Waals surface area (Å²) < 4.78 is 26.2. The minimum Gasteiger partial charge on any atom is -0.344 e. The minimum absolute atomic E-state index is 0.263. The maximum atomic E-state index is 12.6. The summed E-state index contributed by atoms with van der Waals surface area (Å²) in [4.78, 5) is 17.0. The fraction of sp³-hybridized carbons (Fsp3) is 0.200. The molecule has 3 aromatic rings. The number of nitrogens with one attached hydrogen (secondary N) is 2. The molecule has 0 unspecified atom stereocenters. The first-order valence-corrected chi connectivity index (χ1v) is 11.3. The molecule has 0 spiro atoms. The molecule has 8 heteroatoms. The summed E-state index contributed by atoms with van der Waals surface area (Å²) in [6.07, 6.45) is 1.11. The third kappa shape index (κ3) is 4.88. The molecule has 1 aromatic heterocycles. The normalized spacial score (nSPS) is 12.6. The van der Waals surface area contributed by atoms with Crippen LogP contribution < -0.4 is 10.0 Å². The number of halogens is 1. The van der Waals surface area contributed by atoms with Gasteiger partial charge in [-0.15, -0.1) is 0 Å². The summed E-state index contributed by atoms with van der Waals surface area (Å²) in [7, 11) is -3.34. The Morgan fingerprint density at radius 3 is 2.54 bits per heavy atom. The van der Waals surface area contributed by atoms with Gasteiger partial charge in [-0.3, -0.25) is 9.52 Å². The van der Waals surface area contributed by atoms with Gasteiger partial charge in [-0.1, -0.05) is 34.1 Å². The third-order valence-corrected chi connectivity index (χ3v) is 5.36. The molecule has 1 amide bonds. The smallest absolute Gasteiger partial charge is 0.270 e. The van der Waals surface area contributed by atoms with E-state index >= 15 is 0 Å². The number of sulfonamides is 1. The van der Waals surface area contributed by atoms with Gasteiger partial charge in [-0.25, -0.2) is 13.4 Å². The van der Waals surface area contributed by atoms with Gasteiger partial charge in [0.1, 0.15) is 5.69 Å². The summed E-state index contributed by atoms with van der Waals surface area (Å²) in [6, 6.07) is 14.3. The van der Waals surface area contributed by atoms with Crippen molar-refractivity contribution in [1.82, 2.24) is 10.3 Å². The Morgan fingerprint density at radius 1 is 1.11 bits per heavy atom. The highest BCUT2D eigenvalue weighted by atomic mass is 79.9. The highest BCUT2D eigenvalue weighted by Gasteiger charge is 2.15. The Hall–Kier alpha value is -2.45. The Bertz CT molecular complexity index is 1160. The number of aromatic nitrogens is 1. The van der Waals surface area contributed by atoms with E-state index in [9.17, 15) is 13.2 Å². The van der Waals surface area contributed by atoms with Crippen molar-refractivity contribution in [3.8, 4) is 0 Å². The van der Waals surface area contributed by atoms with Gasteiger partial charge >= 0.3 is 0 Å². The summed E-state index contributed by atoms with van der Waals surface area (Å²) in [5, 5.41) is 3.88. The fourth-order valence-corrected chi connectivity index (χ4v) is 3.85. The lowest BCUT2D eigenvalue weighted by atomic mass is 10.0. The van der Waals surface area contributed by atoms with Crippen LogP contribution in [0.5, 0.6) is 0 Å². The Kier molecular flexibility index (Phi) is 5.71. The van der Waals surface area contributed by atoms with E-state index < -0.39 is 10.0 Å². The predicted octanol–water partition coefficient (Wildman–Crippen LogP) is 4.17. The van der Waals surface area contributed by atoms with Crippen LogP contribution in [0.25, 0.3) is 10.9 Å². The molecule has 3 rings (SSSR count). The standard InChI is InChI=1S/C20H20BrN3O3S/c1-12-10-14(4-7-17(12)24-28(3,26)27)13(2)22-20(25)19-8-5-15-11-16(21)6-9-18(15)23-19/h4-11,13,24H,1-3H3,(H,22,25)/t13-/m1/s1. The van der Waals surface area contributed by atoms with Crippen LogP contribution in [0.15, 0.2) is 53.0 Å². The second-order valence-electron chi connectivity index (χ2n) is 6.68. The summed E-state index contributed by atoms with van der Waals surface area (Å²) >= 11 is 3.42. The molecule has 0 aliphatic rings. The first-order valence-electron chi connectivity index (χ1n) is 8.58. The SMILES string of the molecule is Cc1cc([C@@H](C)NC(=O)c2ccc3cc(Br)ccc3n2)ccc1NS(C)(=O)=O. The Morgan fingerprint density at radius 2 is 1.86 bits per heavy atom. The number of nitrogens with zero attached hydrogens (tertiary/aromatic N) is 1. The van der Waals surface area contributed by atoms with Crippen molar-refractivity contribution in [3.63, 3.8) is 0 Å². The summed E-state index contributed by atoms with van der Waals surface area (Å²) in [6.45, 7) is 3.68. The average molecular weight is 462 g/mol. The van der Waals surface area contributed by atoms with Crippen LogP contribution >= 0.6 is 15.9 Å². The van der Waals surface area contributed by atoms with E-state index in [1.165, 1.54) is 0 Å². The quantitative estimate of drug-likeness (QED) is 0.596. The largest absolute Gasteiger partial charge is 0.344 e. The van der Waals surface area contributed by atoms with Crippen LogP contribution in [0.2, 0.25) is 0 Å². The molecule has 0 fully saturated rings. The highest BCUT2D eigenvalue weighted by molar-refractivity contribution is 9.10. The number of rotatable bonds is 5. The fourth-order valence-electron chi connectivity index (χ4n) is 2.85. The topological polar surface area (TPSA) is 88.2 Å². The van der Waals surface area contributed by atoms with E-state index in [1.54, 1.807) is 18.2 Å². The number of carbonyl (C=O) groups is 1. The van der Waals surface area contributed by atoms with Crippen molar-refractivity contribution in [2.24, 2.45) is 0 Å². The number of pyridine rings is 1. The van der Waals surface area contributed by atoms with Crippen molar-refractivity contribution >= 4 is 48.5 Å². The number of carbonyl (C=O) groups excluding carboxylic acids is 1. The first kappa shape index (κ1) is 20.3. The molecule has 28 heavy (non-hydrogen) atoms. The van der Waals surface area contributed by atoms with Gasteiger partial charge in [0.2, 0.25) is 10.0 Å². The molecular formula is C20H20BrN3O3S. The summed E-state index contributed by atoms with van der Waals surface area (Å²) in [5.74, 6) is -0.270. The van der Waals surface area contributed by atoms with Crippen LogP contribution in [0.1, 0.15) is 34.6 Å². The number of anilines is 1. The molecule has 146 valence electrons. The number of hydrogen-bond acceptors (Lipinski definition) is 4. The van der Waals surface area contributed by atoms with Crippen LogP contribution in [0, 0.1) is 6.92 Å². The van der Waals surface area contributed by atoms with Gasteiger partial charge in [0.15, 0.2) is 0 Å². The van der Waals surface area contributed by atoms with E-state index in [0.717, 1.165) is 32.8 Å². The van der Waals surface area contributed by atoms with Crippen molar-refractivity contribution < 1.29 is 13.2 Å². The number of fused-ring (bicyclic) bond motifs is 1. The van der Waals surface area contributed by atoms with E-state index in [0.29, 0.717) is 11.4 Å². The van der Waals surface area contributed by atoms with E-state index in [-0.39, 0.29) is 11.9 Å². The van der Waals surface area contributed by atoms with Gasteiger partial charge in [-0.2, -0.15) is 0 Å². The zero-order valence-corrected chi connectivity index (χ0v) is 18.1. The van der Waals surface area contributed by atoms with Gasteiger partial charge in [0.05, 0.1) is 23.5 Å². The van der Waals surface area contributed by atoms with Crippen LogP contribution in [0.4, 0.5) is 5.69 Å². The molecule has 1 atom stereocenters. The monoisotopic (exact) mass is 461 g/mol. The predicted molar refractivity (Wildman–Crippen MR) is 115 cm³/mol. The lowest BCUT2D eigenvalue weighted by Crippen LogP contribution is -2.27. The molecule has 0 saturated carbocycles. The van der Waals surface area contributed by atoms with Gasteiger partial charge < -0.3 is 5.32 Å². The molecule has 1 heterocycles. The zero-order chi connectivity index (χ0) is 20.5. The van der Waals surface area contributed by atoms with Gasteiger partial charge in [-0.05, 0) is 55.3 Å². The molecule has 0 aliphatic heterocycles. The zero-order valence-electron chi connectivity index (χ0n) is 15.7. The van der Waals surface area contributed by atoms with Crippen LogP contribution in [-0.4, -0.2) is 25.6 Å². The second kappa shape index (κ2) is 7.89. The number of hydrogen-bond donors (Lipinski definition) is 2. The molecule has 0 saturated heterocycles. The Balaban J connectivity index is 1.77. The number of amides is 1. The van der Waals surface area contributed by atoms with E-state index in [4.69, 9.17) is 0 Å². The van der Waals surface area contributed by atoms with Crippen molar-refractivity contribution in [3.05, 3.63) is 69.8 Å². The molecule has 0 bridgehead atoms. The van der Waals surface area contributed by atoms with Crippen molar-refractivity contribution in [2.75, 3.05) is 11.0 Å². The maximum Gasteiger partial charge on any atom is 0.270 e. The molecule has 0 radical (unpaired) electrons. The molecule has 2 N–H and O–H groups in total. The van der Waals surface area contributed by atoms with Gasteiger partial charge in [0.25, 0.3) is 5.91 Å². The number of aryl methyl sites for hydroxylation is 1. The van der Waals surface area contributed by atoms with Crippen LogP contribution in [0.3, 0.4) is 0 Å². The van der Waals surface area contributed by atoms with Gasteiger partial charge in [0, 0.05) is 9.86 Å². The average Bonchev–Trinajstić information content (AvgIpc) is 2.61. The molecule has 2 aromatic carbocycles. The summed E-state index contributed by atoms with van der Waals surface area (Å²) in [5.41, 5.74) is 3.25. The molecule has 0 aliphatic carbocycles. The lowest BCUT2D eigenvalue weighted by Gasteiger charge is -2.16. The van der Waals surface area contributed by atoms with E-state index in [2.05, 4.69) is 31.0 Å². The third-order valence-electron chi connectivity index (χ3n) is 4.28.